The first-order valence-electron chi connectivity index (χ1n) is 5.96. The second kappa shape index (κ2) is 5.47. The molecule has 1 aliphatic rings. The Morgan fingerprint density at radius 1 is 1.60 bits per heavy atom. The molecule has 0 aliphatic carbocycles. The van der Waals surface area contributed by atoms with E-state index in [0.717, 1.165) is 18.9 Å². The highest BCUT2D eigenvalue weighted by Gasteiger charge is 2.31. The van der Waals surface area contributed by atoms with E-state index in [1.54, 1.807) is 0 Å². The molecule has 0 radical (unpaired) electrons. The van der Waals surface area contributed by atoms with Gasteiger partial charge in [0.1, 0.15) is 4.90 Å². The third-order valence-corrected chi connectivity index (χ3v) is 4.88. The Morgan fingerprint density at radius 3 is 2.80 bits per heavy atom. The molecule has 2 rings (SSSR count). The standard InChI is InChI=1S/C11H15BrN2O5S/c1-11(3-2-4-18-11)6-14-10(15)7-5-8(9(12)19-7)20(13,16)17/h5H,2-4,6H2,1H3,(H,14,15)(H2,13,16,17). The number of amides is 1. The molecule has 0 spiro atoms. The summed E-state index contributed by atoms with van der Waals surface area (Å²) in [6.45, 7) is 2.91. The van der Waals surface area contributed by atoms with Gasteiger partial charge in [-0.15, -0.1) is 0 Å². The van der Waals surface area contributed by atoms with E-state index in [0.29, 0.717) is 13.2 Å². The monoisotopic (exact) mass is 366 g/mol. The van der Waals surface area contributed by atoms with Crippen LogP contribution in [0.2, 0.25) is 0 Å². The quantitative estimate of drug-likeness (QED) is 0.824. The molecule has 1 atom stereocenters. The van der Waals surface area contributed by atoms with Gasteiger partial charge < -0.3 is 14.5 Å². The molecule has 7 nitrogen and oxygen atoms in total. The lowest BCUT2D eigenvalue weighted by Crippen LogP contribution is -2.40. The van der Waals surface area contributed by atoms with Gasteiger partial charge in [-0.2, -0.15) is 0 Å². The van der Waals surface area contributed by atoms with Crippen molar-refractivity contribution < 1.29 is 22.4 Å². The molecule has 3 N–H and O–H groups in total. The number of hydrogen-bond donors (Lipinski definition) is 2. The van der Waals surface area contributed by atoms with Crippen molar-refractivity contribution in [2.45, 2.75) is 30.3 Å². The van der Waals surface area contributed by atoms with Gasteiger partial charge in [-0.05, 0) is 35.7 Å². The Morgan fingerprint density at radius 2 is 2.30 bits per heavy atom. The van der Waals surface area contributed by atoms with Crippen LogP contribution in [-0.2, 0) is 14.8 Å². The predicted octanol–water partition coefficient (Wildman–Crippen LogP) is 0.988. The summed E-state index contributed by atoms with van der Waals surface area (Å²) >= 11 is 2.92. The van der Waals surface area contributed by atoms with Crippen molar-refractivity contribution in [1.82, 2.24) is 5.32 Å². The number of nitrogens with one attached hydrogen (secondary N) is 1. The van der Waals surface area contributed by atoms with Crippen molar-refractivity contribution >= 4 is 31.9 Å². The minimum atomic E-state index is -3.93. The van der Waals surface area contributed by atoms with Gasteiger partial charge in [0.25, 0.3) is 5.91 Å². The average molecular weight is 367 g/mol. The average Bonchev–Trinajstić information content (AvgIpc) is 2.92. The molecule has 1 aliphatic heterocycles. The third kappa shape index (κ3) is 3.40. The van der Waals surface area contributed by atoms with E-state index in [-0.39, 0.29) is 20.9 Å². The highest BCUT2D eigenvalue weighted by Crippen LogP contribution is 2.26. The van der Waals surface area contributed by atoms with E-state index >= 15 is 0 Å². The molecular formula is C11H15BrN2O5S. The van der Waals surface area contributed by atoms with Gasteiger partial charge in [0.2, 0.25) is 10.0 Å². The number of rotatable bonds is 4. The highest BCUT2D eigenvalue weighted by atomic mass is 79.9. The summed E-state index contributed by atoms with van der Waals surface area (Å²) in [5.41, 5.74) is -0.387. The maximum atomic E-state index is 11.9. The minimum absolute atomic E-state index is 0.0894. The lowest BCUT2D eigenvalue weighted by atomic mass is 10.0. The lowest BCUT2D eigenvalue weighted by molar-refractivity contribution is 0.0203. The Labute approximate surface area is 125 Å². The number of sulfonamides is 1. The van der Waals surface area contributed by atoms with Crippen LogP contribution in [0.3, 0.4) is 0 Å². The van der Waals surface area contributed by atoms with E-state index in [9.17, 15) is 13.2 Å². The summed E-state index contributed by atoms with van der Waals surface area (Å²) in [7, 11) is -3.93. The highest BCUT2D eigenvalue weighted by molar-refractivity contribution is 9.10. The number of nitrogens with two attached hydrogens (primary N) is 1. The molecule has 2 heterocycles. The van der Waals surface area contributed by atoms with Crippen LogP contribution < -0.4 is 10.5 Å². The van der Waals surface area contributed by atoms with Crippen LogP contribution in [0.4, 0.5) is 0 Å². The van der Waals surface area contributed by atoms with E-state index < -0.39 is 15.9 Å². The van der Waals surface area contributed by atoms with Crippen LogP contribution in [0, 0.1) is 0 Å². The molecule has 20 heavy (non-hydrogen) atoms. The van der Waals surface area contributed by atoms with Gasteiger partial charge in [0.05, 0.1) is 5.60 Å². The molecule has 1 saturated heterocycles. The zero-order chi connectivity index (χ0) is 15.0. The Balaban J connectivity index is 2.07. The lowest BCUT2D eigenvalue weighted by Gasteiger charge is -2.22. The summed E-state index contributed by atoms with van der Waals surface area (Å²) < 4.78 is 33.0. The first-order valence-corrected chi connectivity index (χ1v) is 8.29. The van der Waals surface area contributed by atoms with Crippen molar-refractivity contribution in [1.29, 1.82) is 0 Å². The minimum Gasteiger partial charge on any atom is -0.443 e. The molecular weight excluding hydrogens is 352 g/mol. The molecule has 1 unspecified atom stereocenters. The second-order valence-electron chi connectivity index (χ2n) is 4.88. The van der Waals surface area contributed by atoms with Crippen LogP contribution in [0.5, 0.6) is 0 Å². The zero-order valence-corrected chi connectivity index (χ0v) is 13.2. The number of ether oxygens (including phenoxy) is 1. The summed E-state index contributed by atoms with van der Waals surface area (Å²) in [5, 5.41) is 7.66. The van der Waals surface area contributed by atoms with Crippen LogP contribution in [0.15, 0.2) is 20.0 Å². The largest absolute Gasteiger partial charge is 0.443 e. The number of primary sulfonamides is 1. The maximum absolute atomic E-state index is 11.9. The molecule has 0 bridgehead atoms. The maximum Gasteiger partial charge on any atom is 0.287 e. The van der Waals surface area contributed by atoms with Gasteiger partial charge in [-0.1, -0.05) is 0 Å². The number of halogens is 1. The summed E-state index contributed by atoms with van der Waals surface area (Å²) in [6.07, 6.45) is 1.81. The third-order valence-electron chi connectivity index (χ3n) is 3.11. The van der Waals surface area contributed by atoms with Crippen LogP contribution in [-0.4, -0.2) is 33.1 Å². The summed E-state index contributed by atoms with van der Waals surface area (Å²) in [4.78, 5) is 11.7. The fourth-order valence-corrected chi connectivity index (χ4v) is 3.49. The van der Waals surface area contributed by atoms with E-state index in [4.69, 9.17) is 14.3 Å². The van der Waals surface area contributed by atoms with E-state index in [1.165, 1.54) is 0 Å². The first-order chi connectivity index (χ1) is 9.21. The number of hydrogen-bond acceptors (Lipinski definition) is 5. The van der Waals surface area contributed by atoms with Crippen molar-refractivity contribution in [3.05, 3.63) is 16.5 Å². The molecule has 1 fully saturated rings. The Kier molecular flexibility index (Phi) is 4.24. The van der Waals surface area contributed by atoms with E-state index in [2.05, 4.69) is 21.2 Å². The Bertz CT molecular complexity index is 619. The van der Waals surface area contributed by atoms with E-state index in [1.807, 2.05) is 6.92 Å². The molecule has 1 aromatic heterocycles. The van der Waals surface area contributed by atoms with Crippen molar-refractivity contribution in [2.24, 2.45) is 5.14 Å². The topological polar surface area (TPSA) is 112 Å². The van der Waals surface area contributed by atoms with Gasteiger partial charge >= 0.3 is 0 Å². The molecule has 0 saturated carbocycles. The predicted molar refractivity (Wildman–Crippen MR) is 73.7 cm³/mol. The number of furan rings is 1. The van der Waals surface area contributed by atoms with Gasteiger partial charge in [0.15, 0.2) is 10.4 Å². The second-order valence-corrected chi connectivity index (χ2v) is 7.13. The normalized spacial score (nSPS) is 22.9. The van der Waals surface area contributed by atoms with Crippen molar-refractivity contribution in [2.75, 3.05) is 13.2 Å². The van der Waals surface area contributed by atoms with Gasteiger partial charge in [-0.3, -0.25) is 4.79 Å². The molecule has 9 heteroatoms. The summed E-state index contributed by atoms with van der Waals surface area (Å²) in [5.74, 6) is -0.639. The molecule has 1 aromatic rings. The van der Waals surface area contributed by atoms with Gasteiger partial charge in [0, 0.05) is 19.2 Å². The van der Waals surface area contributed by atoms with Crippen molar-refractivity contribution in [3.63, 3.8) is 0 Å². The Hall–Kier alpha value is -0.900. The molecule has 0 aromatic carbocycles. The summed E-state index contributed by atoms with van der Waals surface area (Å²) in [6, 6.07) is 1.09. The SMILES string of the molecule is CC1(CNC(=O)c2cc(S(N)(=O)=O)c(Br)o2)CCCO1. The number of carbonyl (C=O) groups excluding carboxylic acids is 1. The smallest absolute Gasteiger partial charge is 0.287 e. The zero-order valence-electron chi connectivity index (χ0n) is 10.8. The van der Waals surface area contributed by atoms with Crippen LogP contribution in [0.25, 0.3) is 0 Å². The van der Waals surface area contributed by atoms with Crippen molar-refractivity contribution in [3.8, 4) is 0 Å². The number of carbonyl (C=O) groups is 1. The van der Waals surface area contributed by atoms with Gasteiger partial charge in [-0.25, -0.2) is 13.6 Å². The molecule has 1 amide bonds. The van der Waals surface area contributed by atoms with Crippen LogP contribution in [0.1, 0.15) is 30.3 Å². The van der Waals surface area contributed by atoms with Crippen LogP contribution >= 0.6 is 15.9 Å². The molecule has 112 valence electrons. The fraction of sp³-hybridized carbons (Fsp3) is 0.545. The first kappa shape index (κ1) is 15.5. The fourth-order valence-electron chi connectivity index (χ4n) is 1.99.